The van der Waals surface area contributed by atoms with Gasteiger partial charge in [0.05, 0.1) is 6.61 Å². The van der Waals surface area contributed by atoms with Gasteiger partial charge in [0.15, 0.2) is 0 Å². The van der Waals surface area contributed by atoms with Crippen molar-refractivity contribution in [3.63, 3.8) is 0 Å². The molecule has 1 saturated heterocycles. The average Bonchev–Trinajstić information content (AvgIpc) is 2.48. The standard InChI is InChI=1S/C14H20N4O3/c1-2-16-14(20)18-11-5-3-4-10(8-11)17-13(19)12-9-15-6-7-21-12/h3-5,8,12,15H,2,6-7,9H2,1H3,(H,17,19)(H2,16,18,20). The summed E-state index contributed by atoms with van der Waals surface area (Å²) in [5.41, 5.74) is 1.23. The first-order chi connectivity index (χ1) is 10.2. The second-order valence-electron chi connectivity index (χ2n) is 4.62. The molecule has 1 unspecified atom stereocenters. The number of benzene rings is 1. The van der Waals surface area contributed by atoms with Gasteiger partial charge in [0.2, 0.25) is 0 Å². The minimum Gasteiger partial charge on any atom is -0.366 e. The van der Waals surface area contributed by atoms with Crippen molar-refractivity contribution in [3.05, 3.63) is 24.3 Å². The maximum Gasteiger partial charge on any atom is 0.319 e. The molecule has 0 radical (unpaired) electrons. The Bertz CT molecular complexity index is 501. The summed E-state index contributed by atoms with van der Waals surface area (Å²) in [4.78, 5) is 23.5. The van der Waals surface area contributed by atoms with Crippen LogP contribution in [0.25, 0.3) is 0 Å². The third kappa shape index (κ3) is 4.73. The van der Waals surface area contributed by atoms with Gasteiger partial charge in [0.25, 0.3) is 5.91 Å². The van der Waals surface area contributed by atoms with Gasteiger partial charge in [-0.15, -0.1) is 0 Å². The molecule has 0 aliphatic carbocycles. The summed E-state index contributed by atoms with van der Waals surface area (Å²) < 4.78 is 5.38. The molecule has 0 saturated carbocycles. The first kappa shape index (κ1) is 15.3. The van der Waals surface area contributed by atoms with Crippen LogP contribution < -0.4 is 21.3 Å². The summed E-state index contributed by atoms with van der Waals surface area (Å²) in [5, 5.41) is 11.2. The number of anilines is 2. The monoisotopic (exact) mass is 292 g/mol. The predicted octanol–water partition coefficient (Wildman–Crippen LogP) is 0.755. The van der Waals surface area contributed by atoms with Gasteiger partial charge in [-0.3, -0.25) is 4.79 Å². The molecule has 21 heavy (non-hydrogen) atoms. The van der Waals surface area contributed by atoms with E-state index in [9.17, 15) is 9.59 Å². The highest BCUT2D eigenvalue weighted by Crippen LogP contribution is 2.15. The molecule has 114 valence electrons. The predicted molar refractivity (Wildman–Crippen MR) is 80.4 cm³/mol. The number of urea groups is 1. The van der Waals surface area contributed by atoms with Gasteiger partial charge in [-0.2, -0.15) is 0 Å². The topological polar surface area (TPSA) is 91.5 Å². The lowest BCUT2D eigenvalue weighted by atomic mass is 10.2. The van der Waals surface area contributed by atoms with Gasteiger partial charge in [-0.1, -0.05) is 6.07 Å². The van der Waals surface area contributed by atoms with Crippen molar-refractivity contribution in [1.29, 1.82) is 0 Å². The van der Waals surface area contributed by atoms with Crippen LogP contribution in [0.2, 0.25) is 0 Å². The Morgan fingerprint density at radius 1 is 1.33 bits per heavy atom. The zero-order valence-corrected chi connectivity index (χ0v) is 11.9. The number of morpholine rings is 1. The lowest BCUT2D eigenvalue weighted by Crippen LogP contribution is -2.45. The first-order valence-corrected chi connectivity index (χ1v) is 6.97. The molecule has 1 aliphatic heterocycles. The molecule has 4 N–H and O–H groups in total. The molecular weight excluding hydrogens is 272 g/mol. The first-order valence-electron chi connectivity index (χ1n) is 6.97. The summed E-state index contributed by atoms with van der Waals surface area (Å²) in [7, 11) is 0. The molecule has 1 aromatic rings. The number of amides is 3. The third-order valence-electron chi connectivity index (χ3n) is 2.95. The fourth-order valence-electron chi connectivity index (χ4n) is 1.97. The third-order valence-corrected chi connectivity index (χ3v) is 2.95. The zero-order chi connectivity index (χ0) is 15.1. The number of rotatable bonds is 4. The van der Waals surface area contributed by atoms with Crippen molar-refractivity contribution >= 4 is 23.3 Å². The lowest BCUT2D eigenvalue weighted by molar-refractivity contribution is -0.128. The van der Waals surface area contributed by atoms with Gasteiger partial charge >= 0.3 is 6.03 Å². The Hall–Kier alpha value is -2.12. The van der Waals surface area contributed by atoms with E-state index in [0.717, 1.165) is 6.54 Å². The smallest absolute Gasteiger partial charge is 0.319 e. The quantitative estimate of drug-likeness (QED) is 0.659. The van der Waals surface area contributed by atoms with Crippen LogP contribution in [0.4, 0.5) is 16.2 Å². The van der Waals surface area contributed by atoms with Crippen LogP contribution in [0, 0.1) is 0 Å². The lowest BCUT2D eigenvalue weighted by Gasteiger charge is -2.22. The Balaban J connectivity index is 1.93. The summed E-state index contributed by atoms with van der Waals surface area (Å²) in [6, 6.07) is 6.70. The zero-order valence-electron chi connectivity index (χ0n) is 11.9. The molecule has 0 aromatic heterocycles. The molecule has 1 atom stereocenters. The van der Waals surface area contributed by atoms with Crippen LogP contribution in [-0.2, 0) is 9.53 Å². The Morgan fingerprint density at radius 2 is 2.10 bits per heavy atom. The fourth-order valence-corrected chi connectivity index (χ4v) is 1.97. The van der Waals surface area contributed by atoms with Gasteiger partial charge in [-0.05, 0) is 25.1 Å². The summed E-state index contributed by atoms with van der Waals surface area (Å²) in [6.45, 7) is 4.18. The van der Waals surface area contributed by atoms with E-state index in [0.29, 0.717) is 31.1 Å². The summed E-state index contributed by atoms with van der Waals surface area (Å²) in [6.07, 6.45) is -0.487. The normalized spacial score (nSPS) is 17.9. The molecule has 1 heterocycles. The molecule has 7 nitrogen and oxygen atoms in total. The van der Waals surface area contributed by atoms with E-state index >= 15 is 0 Å². The minimum atomic E-state index is -0.487. The van der Waals surface area contributed by atoms with E-state index in [1.807, 2.05) is 6.92 Å². The largest absolute Gasteiger partial charge is 0.366 e. The van der Waals surface area contributed by atoms with E-state index in [1.165, 1.54) is 0 Å². The highest BCUT2D eigenvalue weighted by molar-refractivity contribution is 5.96. The van der Waals surface area contributed by atoms with Crippen molar-refractivity contribution in [3.8, 4) is 0 Å². The van der Waals surface area contributed by atoms with Crippen molar-refractivity contribution in [2.75, 3.05) is 36.9 Å². The molecule has 1 aromatic carbocycles. The molecule has 0 spiro atoms. The molecular formula is C14H20N4O3. The second-order valence-corrected chi connectivity index (χ2v) is 4.62. The Kier molecular flexibility index (Phi) is 5.53. The number of nitrogens with one attached hydrogen (secondary N) is 4. The van der Waals surface area contributed by atoms with E-state index in [-0.39, 0.29) is 11.9 Å². The van der Waals surface area contributed by atoms with E-state index < -0.39 is 6.10 Å². The average molecular weight is 292 g/mol. The summed E-state index contributed by atoms with van der Waals surface area (Å²) >= 11 is 0. The molecule has 0 bridgehead atoms. The van der Waals surface area contributed by atoms with Gasteiger partial charge in [-0.25, -0.2) is 4.79 Å². The fraction of sp³-hybridized carbons (Fsp3) is 0.429. The van der Waals surface area contributed by atoms with E-state index in [2.05, 4.69) is 21.3 Å². The van der Waals surface area contributed by atoms with Crippen molar-refractivity contribution in [2.24, 2.45) is 0 Å². The maximum atomic E-state index is 12.0. The Labute approximate surface area is 123 Å². The van der Waals surface area contributed by atoms with Crippen LogP contribution >= 0.6 is 0 Å². The highest BCUT2D eigenvalue weighted by atomic mass is 16.5. The van der Waals surface area contributed by atoms with E-state index in [1.54, 1.807) is 24.3 Å². The Morgan fingerprint density at radius 3 is 2.76 bits per heavy atom. The second kappa shape index (κ2) is 7.61. The van der Waals surface area contributed by atoms with Gasteiger partial charge in [0.1, 0.15) is 6.10 Å². The number of carbonyl (C=O) groups is 2. The van der Waals surface area contributed by atoms with E-state index in [4.69, 9.17) is 4.74 Å². The maximum absolute atomic E-state index is 12.0. The van der Waals surface area contributed by atoms with Crippen LogP contribution in [-0.4, -0.2) is 44.3 Å². The van der Waals surface area contributed by atoms with Crippen molar-refractivity contribution in [2.45, 2.75) is 13.0 Å². The number of ether oxygens (including phenoxy) is 1. The van der Waals surface area contributed by atoms with Crippen molar-refractivity contribution < 1.29 is 14.3 Å². The number of carbonyl (C=O) groups excluding carboxylic acids is 2. The van der Waals surface area contributed by atoms with Crippen LogP contribution in [0.1, 0.15) is 6.92 Å². The van der Waals surface area contributed by atoms with Gasteiger partial charge in [0, 0.05) is 31.0 Å². The van der Waals surface area contributed by atoms with Crippen LogP contribution in [0.15, 0.2) is 24.3 Å². The van der Waals surface area contributed by atoms with Crippen molar-refractivity contribution in [1.82, 2.24) is 10.6 Å². The highest BCUT2D eigenvalue weighted by Gasteiger charge is 2.21. The molecule has 1 aliphatic rings. The molecule has 2 rings (SSSR count). The minimum absolute atomic E-state index is 0.197. The number of hydrogen-bond donors (Lipinski definition) is 4. The van der Waals surface area contributed by atoms with Crippen LogP contribution in [0.3, 0.4) is 0 Å². The molecule has 3 amide bonds. The van der Waals surface area contributed by atoms with Crippen LogP contribution in [0.5, 0.6) is 0 Å². The molecule has 7 heteroatoms. The summed E-state index contributed by atoms with van der Waals surface area (Å²) in [5.74, 6) is -0.197. The van der Waals surface area contributed by atoms with Gasteiger partial charge < -0.3 is 26.0 Å². The SMILES string of the molecule is CCNC(=O)Nc1cccc(NC(=O)C2CNCCO2)c1. The number of hydrogen-bond acceptors (Lipinski definition) is 4. The molecule has 1 fully saturated rings.